The number of ketones is 2. The average Bonchev–Trinajstić information content (AvgIpc) is 1.63. The number of nitrogens with zero attached hydrogens (tertiary/aromatic N) is 16. The van der Waals surface area contributed by atoms with Crippen LogP contribution >= 0.6 is 0 Å². The van der Waals surface area contributed by atoms with Crippen LogP contribution in [0.15, 0.2) is 132 Å². The van der Waals surface area contributed by atoms with Crippen molar-refractivity contribution < 1.29 is 106 Å². The van der Waals surface area contributed by atoms with Gasteiger partial charge in [-0.1, -0.05) is 55.4 Å². The first kappa shape index (κ1) is 100. The van der Waals surface area contributed by atoms with Gasteiger partial charge in [0.25, 0.3) is 23.6 Å². The quantitative estimate of drug-likeness (QED) is 0.0201. The molecule has 0 radical (unpaired) electrons. The Balaban J connectivity index is 0.000000204. The first-order valence-electron chi connectivity index (χ1n) is 43.9. The lowest BCUT2D eigenvalue weighted by Gasteiger charge is -2.32. The molecule has 44 heteroatoms. The summed E-state index contributed by atoms with van der Waals surface area (Å²) >= 11 is 0. The highest BCUT2D eigenvalue weighted by Crippen LogP contribution is 2.48. The van der Waals surface area contributed by atoms with E-state index in [4.69, 9.17) is 30.2 Å². The van der Waals surface area contributed by atoms with Gasteiger partial charge in [0, 0.05) is 113 Å². The molecule has 40 nitrogen and oxygen atoms in total. The van der Waals surface area contributed by atoms with Gasteiger partial charge >= 0.3 is 23.3 Å². The van der Waals surface area contributed by atoms with Crippen molar-refractivity contribution in [1.29, 1.82) is 0 Å². The van der Waals surface area contributed by atoms with Crippen molar-refractivity contribution in [3.05, 3.63) is 189 Å². The molecule has 14 rings (SSSR count). The molecule has 3 amide bonds. The number of aliphatic hydroxyl groups is 4. The third-order valence-electron chi connectivity index (χ3n) is 23.5. The van der Waals surface area contributed by atoms with Crippen LogP contribution in [-0.4, -0.2) is 257 Å². The number of phenols is 4. The molecule has 6 aromatic heterocycles. The topological polar surface area (TPSA) is 564 Å². The number of halogens is 4. The number of rotatable bonds is 31. The summed E-state index contributed by atoms with van der Waals surface area (Å²) < 4.78 is 79.4. The molecule has 135 heavy (non-hydrogen) atoms. The van der Waals surface area contributed by atoms with Gasteiger partial charge in [-0.05, 0) is 128 Å². The van der Waals surface area contributed by atoms with Crippen LogP contribution in [0.3, 0.4) is 0 Å². The van der Waals surface area contributed by atoms with Crippen LogP contribution in [0.1, 0.15) is 190 Å². The van der Waals surface area contributed by atoms with Crippen LogP contribution in [-0.2, 0) is 27.2 Å². The molecule has 9 heterocycles. The monoisotopic (exact) mass is 1880 g/mol. The number of aliphatic hydroxyl groups excluding tert-OH is 4. The molecule has 4 aliphatic rings. The minimum Gasteiger partial charge on any atom is -0.508 e. The number of carboxylic acids is 1. The van der Waals surface area contributed by atoms with E-state index in [1.807, 2.05) is 37.5 Å². The highest BCUT2D eigenvalue weighted by atomic mass is 19.3. The zero-order valence-electron chi connectivity index (χ0n) is 75.5. The van der Waals surface area contributed by atoms with Crippen LogP contribution in [0.5, 0.6) is 34.5 Å². The predicted octanol–water partition coefficient (Wildman–Crippen LogP) is 6.71. The number of aromatic carboxylic acids is 1. The standard InChI is InChI=1S/C46H54F2N10O9.C30H33N7O6.C15H21F2N3O5/c1-6-49-44(65)42-55-54-41(32-19-31(24(2)3)34(60)20-35(32)61)58(42)28-7-9-29(10-8-28)67-30-12-14-56(15-13-30)38-22-50-33(21-51-38)43(64)53-39(25(4)5)36(62)18-27-11-16-57(45(66)52-27)37-17-26(23-59)40(63)46(37,47)48;1-4-31-29(40)28-35-34-27(22-13-21(17(2)3)24(38)14-25(22)39)37(28)18-5-7-19(8-6-18)43-20-9-11-36(12-10-20)26-16-32-23(15-33-26)30(41)42;1-7(2)11(18)9(22)5-8-3-4-20(14(24)19-8)13-15(16,17)12(23)10(6-21)25-13/h7-11,16,19-22,24-26,30,37,39-40,59-61,63H,6,12-15,17-18,23H2,1-5H3,(H,49,65)(H,53,64);5-8,13-17,20,38-39H,4,9-12H2,1-3H3,(H,31,40)(H,41,42);3-4,7,10-13,21,23H,5-6,18H2,1-2H3/t26-,37-,39+,40-;;10-,11+,12-,13-/m1.1/s1. The lowest BCUT2D eigenvalue weighted by molar-refractivity contribution is -0.141. The van der Waals surface area contributed by atoms with Gasteiger partial charge in [-0.2, -0.15) is 18.7 Å². The number of Topliss-reactive ketones (excluding diaryl/α,β-unsaturated/α-hetero) is 2. The molecule has 3 aliphatic heterocycles. The van der Waals surface area contributed by atoms with E-state index in [-0.39, 0.29) is 130 Å². The van der Waals surface area contributed by atoms with Crippen molar-refractivity contribution in [1.82, 2.24) is 84.5 Å². The van der Waals surface area contributed by atoms with Crippen LogP contribution in [0.25, 0.3) is 34.2 Å². The number of hydrogen-bond donors (Lipinski definition) is 13. The molecule has 10 aromatic rings. The molecule has 8 atom stereocenters. The third-order valence-corrected chi connectivity index (χ3v) is 23.5. The van der Waals surface area contributed by atoms with Gasteiger partial charge in [-0.25, -0.2) is 43.1 Å². The number of carbonyl (C=O) groups excluding carboxylic acids is 5. The van der Waals surface area contributed by atoms with Crippen LogP contribution in [0.2, 0.25) is 0 Å². The molecule has 4 fully saturated rings. The number of phenolic OH excluding ortho intramolecular Hbond substituents is 4. The van der Waals surface area contributed by atoms with Gasteiger partial charge in [0.2, 0.25) is 17.9 Å². The van der Waals surface area contributed by atoms with Crippen molar-refractivity contribution in [3.8, 4) is 68.6 Å². The highest BCUT2D eigenvalue weighted by molar-refractivity contribution is 5.97. The van der Waals surface area contributed by atoms with Crippen molar-refractivity contribution in [2.75, 3.05) is 62.3 Å². The fourth-order valence-corrected chi connectivity index (χ4v) is 16.0. The van der Waals surface area contributed by atoms with E-state index < -0.39 is 114 Å². The Bertz CT molecular complexity index is 6010. The molecule has 0 unspecified atom stereocenters. The number of aromatic nitrogens is 14. The summed E-state index contributed by atoms with van der Waals surface area (Å²) in [5.74, 6) is -10.1. The molecule has 1 aliphatic carbocycles. The van der Waals surface area contributed by atoms with E-state index in [9.17, 15) is 91.7 Å². The zero-order chi connectivity index (χ0) is 97.9. The van der Waals surface area contributed by atoms with Crippen molar-refractivity contribution >= 4 is 46.9 Å². The van der Waals surface area contributed by atoms with E-state index >= 15 is 0 Å². The number of carbonyl (C=O) groups is 6. The van der Waals surface area contributed by atoms with Gasteiger partial charge in [-0.3, -0.25) is 42.2 Å². The Labute approximate surface area is 770 Å². The number of benzene rings is 4. The number of alkyl halides is 4. The maximum Gasteiger partial charge on any atom is 0.356 e. The zero-order valence-corrected chi connectivity index (χ0v) is 75.5. The number of nitrogens with one attached hydrogen (secondary N) is 3. The number of nitrogens with two attached hydrogens (primary N) is 1. The van der Waals surface area contributed by atoms with Crippen molar-refractivity contribution in [2.45, 2.75) is 193 Å². The number of amides is 3. The largest absolute Gasteiger partial charge is 0.508 e. The SMILES string of the molecule is CC(C)[C@H](N)C(=O)Cc1ccn([C@@H]2O[C@H](CO)[C@@H](O)C2(F)F)c(=O)n1.CCNC(=O)c1nnc(-c2cc(C(C)C)c(O)cc2O)n1-c1ccc(OC2CCN(c3cnc(C(=O)N[C@H](C(=O)Cc4ccn([C@@H]5C[C@H](CO)[C@@H](O)C5(F)F)c(=O)n4)C(C)C)cn3)CC2)cc1.CCNC(=O)c1nnc(-c2cc(C(C)C)c(O)cc2O)n1-c1ccc(OC2CCN(c3cnc(C(=O)O)cn3)CC2)cc1. The van der Waals surface area contributed by atoms with Crippen molar-refractivity contribution in [3.63, 3.8) is 0 Å². The van der Waals surface area contributed by atoms with Crippen LogP contribution in [0, 0.1) is 17.8 Å². The second kappa shape index (κ2) is 43.0. The Hall–Kier alpha value is -13.8. The first-order valence-corrected chi connectivity index (χ1v) is 43.9. The lowest BCUT2D eigenvalue weighted by Crippen LogP contribution is -2.45. The Morgan fingerprint density at radius 1 is 0.541 bits per heavy atom. The number of carboxylic acid groups (broad SMARTS) is 1. The number of anilines is 2. The average molecular weight is 1880 g/mol. The molecule has 3 saturated heterocycles. The molecule has 720 valence electrons. The van der Waals surface area contributed by atoms with E-state index in [1.165, 1.54) is 49.1 Å². The summed E-state index contributed by atoms with van der Waals surface area (Å²) in [4.78, 5) is 129. The number of ether oxygens (including phenoxy) is 3. The molecular formula is C91H108F4N20O20. The molecular weight excluding hydrogens is 1770 g/mol. The lowest BCUT2D eigenvalue weighted by atomic mass is 9.96. The Kier molecular flexibility index (Phi) is 31.9. The smallest absolute Gasteiger partial charge is 0.356 e. The van der Waals surface area contributed by atoms with Gasteiger partial charge in [-0.15, -0.1) is 20.4 Å². The fraction of sp³-hybridized carbons (Fsp3) is 0.451. The summed E-state index contributed by atoms with van der Waals surface area (Å²) in [6, 6.07) is 19.2. The number of hydrogen-bond acceptors (Lipinski definition) is 32. The van der Waals surface area contributed by atoms with Crippen LogP contribution in [0.4, 0.5) is 29.2 Å². The maximum atomic E-state index is 14.7. The number of aromatic hydroxyl groups is 4. The van der Waals surface area contributed by atoms with Gasteiger partial charge in [0.1, 0.15) is 82.3 Å². The van der Waals surface area contributed by atoms with Gasteiger partial charge in [0.05, 0.1) is 78.8 Å². The summed E-state index contributed by atoms with van der Waals surface area (Å²) in [5, 5.41) is 114. The molecule has 4 aromatic carbocycles. The fourth-order valence-electron chi connectivity index (χ4n) is 16.0. The summed E-state index contributed by atoms with van der Waals surface area (Å²) in [6.07, 6.45) is 1.35. The predicted molar refractivity (Wildman–Crippen MR) is 478 cm³/mol. The summed E-state index contributed by atoms with van der Waals surface area (Å²) in [5.41, 5.74) is 6.61. The van der Waals surface area contributed by atoms with Gasteiger partial charge < -0.3 is 91.7 Å². The first-order chi connectivity index (χ1) is 64.2. The van der Waals surface area contributed by atoms with Crippen molar-refractivity contribution in [2.24, 2.45) is 23.5 Å². The Morgan fingerprint density at radius 2 is 0.985 bits per heavy atom. The highest BCUT2D eigenvalue weighted by Gasteiger charge is 2.60. The Morgan fingerprint density at radius 3 is 1.36 bits per heavy atom. The molecule has 14 N–H and O–H groups in total. The van der Waals surface area contributed by atoms with E-state index in [0.29, 0.717) is 118 Å². The normalized spacial score (nSPS) is 18.7. The molecule has 0 bridgehead atoms. The van der Waals surface area contributed by atoms with Crippen LogP contribution < -0.4 is 52.3 Å². The van der Waals surface area contributed by atoms with E-state index in [1.54, 1.807) is 111 Å². The van der Waals surface area contributed by atoms with E-state index in [0.717, 1.165) is 25.2 Å². The minimum absolute atomic E-state index is 0.0118. The number of piperidine rings is 2. The van der Waals surface area contributed by atoms with E-state index in [2.05, 4.69) is 66.2 Å². The minimum atomic E-state index is -3.78. The van der Waals surface area contributed by atoms with Gasteiger partial charge in [0.15, 0.2) is 35.0 Å². The second-order valence-corrected chi connectivity index (χ2v) is 34.3. The molecule has 1 saturated carbocycles. The third kappa shape index (κ3) is 22.7. The summed E-state index contributed by atoms with van der Waals surface area (Å²) in [6.45, 7) is 20.0. The maximum absolute atomic E-state index is 14.7. The summed E-state index contributed by atoms with van der Waals surface area (Å²) in [7, 11) is 0. The molecule has 0 spiro atoms. The second-order valence-electron chi connectivity index (χ2n) is 34.3.